The van der Waals surface area contributed by atoms with E-state index in [4.69, 9.17) is 35.4 Å². The van der Waals surface area contributed by atoms with Gasteiger partial charge in [-0.15, -0.1) is 0 Å². The lowest BCUT2D eigenvalue weighted by molar-refractivity contribution is -0.575. The summed E-state index contributed by atoms with van der Waals surface area (Å²) in [6, 6.07) is 15.1. The second-order valence-corrected chi connectivity index (χ2v) is 10.1. The predicted molar refractivity (Wildman–Crippen MR) is 140 cm³/mol. The highest BCUT2D eigenvalue weighted by molar-refractivity contribution is 7.81. The first kappa shape index (κ1) is 24.2. The Morgan fingerprint density at radius 3 is 2.06 bits per heavy atom. The molecule has 2 N–H and O–H groups in total. The minimum Gasteiger partial charge on any atom is -0.502 e. The van der Waals surface area contributed by atoms with E-state index in [1.54, 1.807) is 22.8 Å². The molecule has 1 aromatic heterocycles. The Labute approximate surface area is 205 Å². The summed E-state index contributed by atoms with van der Waals surface area (Å²) in [4.78, 5) is 0.368. The molecule has 6 heteroatoms. The number of benzene rings is 2. The number of rotatable bonds is 4. The fourth-order valence-electron chi connectivity index (χ4n) is 3.47. The number of aliphatic hydroxyl groups is 1. The third-order valence-electron chi connectivity index (χ3n) is 5.06. The van der Waals surface area contributed by atoms with Crippen LogP contribution in [0.1, 0.15) is 43.0 Å². The Morgan fingerprint density at radius 2 is 1.53 bits per heavy atom. The van der Waals surface area contributed by atoms with Crippen LogP contribution in [0.4, 0.5) is 5.69 Å². The molecule has 0 aliphatic rings. The third kappa shape index (κ3) is 5.69. The first-order valence-corrected chi connectivity index (χ1v) is 11.4. The quantitative estimate of drug-likeness (QED) is 0.173. The highest BCUT2D eigenvalue weighted by Crippen LogP contribution is 2.29. The van der Waals surface area contributed by atoms with Crippen LogP contribution in [0.25, 0.3) is 11.5 Å². The molecule has 3 rings (SSSR count). The summed E-state index contributed by atoms with van der Waals surface area (Å²) in [5, 5.41) is 15.4. The second-order valence-electron chi connectivity index (χ2n) is 8.90. The smallest absolute Gasteiger partial charge is 0.288 e. The van der Waals surface area contributed by atoms with Gasteiger partial charge in [-0.2, -0.15) is 4.57 Å². The maximum absolute atomic E-state index is 11.3. The van der Waals surface area contributed by atoms with Gasteiger partial charge in [0.15, 0.2) is 17.4 Å². The molecule has 0 spiro atoms. The molecule has 3 aromatic rings. The molecule has 2 aromatic carbocycles. The number of aromatic nitrogens is 1. The van der Waals surface area contributed by atoms with E-state index in [-0.39, 0.29) is 11.2 Å². The number of halogens is 2. The number of thiocarbonyl (C=S) groups is 1. The maximum atomic E-state index is 11.3. The molecular formula is C26H27Cl2N2OS+. The van der Waals surface area contributed by atoms with E-state index in [1.165, 1.54) is 5.56 Å². The summed E-state index contributed by atoms with van der Waals surface area (Å²) in [5.41, 5.74) is 5.13. The van der Waals surface area contributed by atoms with Crippen LogP contribution in [0.15, 0.2) is 60.9 Å². The van der Waals surface area contributed by atoms with Crippen LogP contribution >= 0.6 is 35.4 Å². The maximum Gasteiger partial charge on any atom is 0.288 e. The lowest BCUT2D eigenvalue weighted by Crippen LogP contribution is -2.39. The van der Waals surface area contributed by atoms with Crippen LogP contribution in [0, 0.1) is 13.8 Å². The third-order valence-corrected chi connectivity index (χ3v) is 5.90. The van der Waals surface area contributed by atoms with Crippen LogP contribution < -0.4 is 9.88 Å². The molecule has 32 heavy (non-hydrogen) atoms. The van der Waals surface area contributed by atoms with Crippen molar-refractivity contribution in [3.63, 3.8) is 0 Å². The van der Waals surface area contributed by atoms with Crippen LogP contribution in [0.5, 0.6) is 0 Å². The van der Waals surface area contributed by atoms with E-state index in [0.717, 1.165) is 16.8 Å². The predicted octanol–water partition coefficient (Wildman–Crippen LogP) is 7.52. The second kappa shape index (κ2) is 9.62. The van der Waals surface area contributed by atoms with Gasteiger partial charge in [-0.05, 0) is 66.3 Å². The Hall–Kier alpha value is -2.40. The minimum atomic E-state index is -0.0398. The standard InChI is InChI=1S/C26H26Cl2N2OS/c1-16-12-17(2)14-20(13-16)29-25(32)23(24(31)21-7-6-19(27)15-22(21)28)30-10-8-18(9-11-30)26(3,4)5/h6-15H,1-5H3,(H-,29,31,32)/p+1. The van der Waals surface area contributed by atoms with Crippen LogP contribution in [0.3, 0.4) is 0 Å². The molecule has 1 heterocycles. The van der Waals surface area contributed by atoms with Gasteiger partial charge in [-0.3, -0.25) is 0 Å². The average molecular weight is 486 g/mol. The average Bonchev–Trinajstić information content (AvgIpc) is 2.67. The van der Waals surface area contributed by atoms with Gasteiger partial charge in [-0.25, -0.2) is 0 Å². The summed E-state index contributed by atoms with van der Waals surface area (Å²) >= 11 is 18.2. The highest BCUT2D eigenvalue weighted by Gasteiger charge is 2.26. The Kier molecular flexibility index (Phi) is 7.29. The van der Waals surface area contributed by atoms with E-state index < -0.39 is 0 Å². The van der Waals surface area contributed by atoms with Crippen molar-refractivity contribution in [3.8, 4) is 0 Å². The van der Waals surface area contributed by atoms with Crippen molar-refractivity contribution < 1.29 is 9.67 Å². The van der Waals surface area contributed by atoms with Gasteiger partial charge in [0, 0.05) is 28.4 Å². The summed E-state index contributed by atoms with van der Waals surface area (Å²) in [5.74, 6) is -0.0398. The first-order valence-electron chi connectivity index (χ1n) is 10.3. The number of nitrogens with one attached hydrogen (secondary N) is 1. The zero-order valence-electron chi connectivity index (χ0n) is 18.8. The number of aliphatic hydroxyl groups excluding tert-OH is 1. The Bertz CT molecular complexity index is 1180. The molecule has 3 nitrogen and oxygen atoms in total. The van der Waals surface area contributed by atoms with Crippen molar-refractivity contribution in [3.05, 3.63) is 93.2 Å². The van der Waals surface area contributed by atoms with Gasteiger partial charge in [0.1, 0.15) is 0 Å². The SMILES string of the molecule is Cc1cc(C)cc(NC(=S)C(=C(O)c2ccc(Cl)cc2Cl)[n+]2ccc(C(C)(C)C)cc2)c1. The number of anilines is 1. The monoisotopic (exact) mass is 485 g/mol. The summed E-state index contributed by atoms with van der Waals surface area (Å²) < 4.78 is 1.80. The molecule has 0 saturated heterocycles. The number of hydrogen-bond donors (Lipinski definition) is 2. The fraction of sp³-hybridized carbons (Fsp3) is 0.231. The van der Waals surface area contributed by atoms with Crippen molar-refractivity contribution in [2.45, 2.75) is 40.0 Å². The van der Waals surface area contributed by atoms with Crippen LogP contribution in [0.2, 0.25) is 10.0 Å². The van der Waals surface area contributed by atoms with Gasteiger partial charge < -0.3 is 10.4 Å². The molecule has 0 radical (unpaired) electrons. The van der Waals surface area contributed by atoms with Crippen molar-refractivity contribution in [1.82, 2.24) is 0 Å². The van der Waals surface area contributed by atoms with E-state index in [0.29, 0.717) is 26.3 Å². The molecule has 0 saturated carbocycles. The lowest BCUT2D eigenvalue weighted by atomic mass is 9.88. The van der Waals surface area contributed by atoms with Crippen molar-refractivity contribution in [2.75, 3.05) is 5.32 Å². The summed E-state index contributed by atoms with van der Waals surface area (Å²) in [6.45, 7) is 10.5. The fourth-order valence-corrected chi connectivity index (χ4v) is 4.29. The number of aryl methyl sites for hydroxylation is 2. The molecule has 0 fully saturated rings. The first-order chi connectivity index (χ1) is 15.0. The van der Waals surface area contributed by atoms with Crippen LogP contribution in [-0.2, 0) is 5.41 Å². The molecule has 166 valence electrons. The summed E-state index contributed by atoms with van der Waals surface area (Å²) in [6.07, 6.45) is 3.79. The zero-order valence-corrected chi connectivity index (χ0v) is 21.2. The topological polar surface area (TPSA) is 36.1 Å². The number of nitrogens with zero attached hydrogens (tertiary/aromatic N) is 1. The Morgan fingerprint density at radius 1 is 0.938 bits per heavy atom. The molecule has 0 amide bonds. The largest absolute Gasteiger partial charge is 0.502 e. The zero-order chi connectivity index (χ0) is 23.6. The van der Waals surface area contributed by atoms with Gasteiger partial charge >= 0.3 is 0 Å². The van der Waals surface area contributed by atoms with Gasteiger partial charge in [0.05, 0.1) is 5.02 Å². The molecule has 0 aliphatic carbocycles. The summed E-state index contributed by atoms with van der Waals surface area (Å²) in [7, 11) is 0. The number of pyridine rings is 1. The minimum absolute atomic E-state index is 0.00233. The number of hydrogen-bond acceptors (Lipinski definition) is 2. The lowest BCUT2D eigenvalue weighted by Gasteiger charge is -2.18. The normalized spacial score (nSPS) is 12.3. The van der Waals surface area contributed by atoms with E-state index in [2.05, 4.69) is 32.2 Å². The highest BCUT2D eigenvalue weighted by atomic mass is 35.5. The van der Waals surface area contributed by atoms with Gasteiger partial charge in [0.25, 0.3) is 5.70 Å². The molecular weight excluding hydrogens is 459 g/mol. The van der Waals surface area contributed by atoms with Crippen molar-refractivity contribution in [2.24, 2.45) is 0 Å². The molecule has 0 bridgehead atoms. The van der Waals surface area contributed by atoms with Crippen LogP contribution in [-0.4, -0.2) is 10.1 Å². The molecule has 0 aliphatic heterocycles. The van der Waals surface area contributed by atoms with Gasteiger partial charge in [-0.1, -0.05) is 62.3 Å². The van der Waals surface area contributed by atoms with E-state index in [9.17, 15) is 5.11 Å². The molecule has 0 atom stereocenters. The van der Waals surface area contributed by atoms with Gasteiger partial charge in [0.2, 0.25) is 5.76 Å². The van der Waals surface area contributed by atoms with Crippen molar-refractivity contribution >= 4 is 57.6 Å². The van der Waals surface area contributed by atoms with Crippen molar-refractivity contribution in [1.29, 1.82) is 0 Å². The van der Waals surface area contributed by atoms with E-state index >= 15 is 0 Å². The molecule has 0 unspecified atom stereocenters. The van der Waals surface area contributed by atoms with E-state index in [1.807, 2.05) is 50.5 Å². The Balaban J connectivity index is 2.13.